The predicted octanol–water partition coefficient (Wildman–Crippen LogP) is 1.44. The second-order valence-electron chi connectivity index (χ2n) is 4.13. The Bertz CT molecular complexity index is 765. The van der Waals surface area contributed by atoms with E-state index in [1.165, 1.54) is 19.2 Å². The zero-order valence-electron chi connectivity index (χ0n) is 11.3. The Labute approximate surface area is 123 Å². The van der Waals surface area contributed by atoms with Crippen molar-refractivity contribution in [2.24, 2.45) is 0 Å². The lowest BCUT2D eigenvalue weighted by molar-refractivity contribution is 0.409. The van der Waals surface area contributed by atoms with Crippen LogP contribution in [0, 0.1) is 11.3 Å². The van der Waals surface area contributed by atoms with E-state index in [-0.39, 0.29) is 17.1 Å². The molecule has 1 aromatic carbocycles. The lowest BCUT2D eigenvalue weighted by Gasteiger charge is -2.10. The van der Waals surface area contributed by atoms with E-state index in [9.17, 15) is 8.42 Å². The monoisotopic (exact) mass is 303 g/mol. The van der Waals surface area contributed by atoms with E-state index in [1.807, 2.05) is 6.07 Å². The average Bonchev–Trinajstić information content (AvgIpc) is 2.53. The van der Waals surface area contributed by atoms with E-state index in [4.69, 9.17) is 10.00 Å². The number of sulfonamides is 1. The van der Waals surface area contributed by atoms with Crippen LogP contribution >= 0.6 is 0 Å². The first-order chi connectivity index (χ1) is 10.1. The summed E-state index contributed by atoms with van der Waals surface area (Å²) < 4.78 is 31.9. The molecule has 7 heteroatoms. The fraction of sp³-hybridized carbons (Fsp3) is 0.143. The van der Waals surface area contributed by atoms with Crippen LogP contribution in [-0.4, -0.2) is 20.5 Å². The zero-order chi connectivity index (χ0) is 15.3. The Morgan fingerprint density at radius 3 is 2.67 bits per heavy atom. The molecule has 1 N–H and O–H groups in total. The van der Waals surface area contributed by atoms with Gasteiger partial charge < -0.3 is 4.74 Å². The molecule has 108 valence electrons. The molecule has 0 atom stereocenters. The molecule has 0 unspecified atom stereocenters. The molecule has 0 saturated carbocycles. The number of hydrogen-bond donors (Lipinski definition) is 1. The minimum Gasteiger partial charge on any atom is -0.496 e. The first-order valence-electron chi connectivity index (χ1n) is 6.04. The zero-order valence-corrected chi connectivity index (χ0v) is 12.1. The van der Waals surface area contributed by atoms with E-state index in [0.717, 1.165) is 11.8 Å². The highest BCUT2D eigenvalue weighted by Crippen LogP contribution is 2.18. The Balaban J connectivity index is 2.16. The molecule has 0 saturated heterocycles. The fourth-order valence-corrected chi connectivity index (χ4v) is 2.66. The van der Waals surface area contributed by atoms with Crippen molar-refractivity contribution in [3.63, 3.8) is 0 Å². The third-order valence-electron chi connectivity index (χ3n) is 2.81. The van der Waals surface area contributed by atoms with Crippen molar-refractivity contribution >= 4 is 10.0 Å². The van der Waals surface area contributed by atoms with Gasteiger partial charge in [0.15, 0.2) is 0 Å². The maximum atomic E-state index is 12.1. The van der Waals surface area contributed by atoms with Gasteiger partial charge >= 0.3 is 0 Å². The first-order valence-corrected chi connectivity index (χ1v) is 7.53. The van der Waals surface area contributed by atoms with Gasteiger partial charge in [-0.05, 0) is 18.2 Å². The number of para-hydroxylation sites is 1. The van der Waals surface area contributed by atoms with Gasteiger partial charge in [0.2, 0.25) is 10.0 Å². The van der Waals surface area contributed by atoms with Crippen LogP contribution in [0.4, 0.5) is 0 Å². The average molecular weight is 303 g/mol. The van der Waals surface area contributed by atoms with Gasteiger partial charge in [0.05, 0.1) is 7.11 Å². The third-order valence-corrected chi connectivity index (χ3v) is 4.19. The molecule has 0 fully saturated rings. The van der Waals surface area contributed by atoms with Gasteiger partial charge in [-0.3, -0.25) is 0 Å². The number of ether oxygens (including phenoxy) is 1. The predicted molar refractivity (Wildman–Crippen MR) is 76.0 cm³/mol. The van der Waals surface area contributed by atoms with Crippen molar-refractivity contribution in [3.8, 4) is 11.8 Å². The number of nitrogens with one attached hydrogen (secondary N) is 1. The lowest BCUT2D eigenvalue weighted by Crippen LogP contribution is -2.23. The van der Waals surface area contributed by atoms with Gasteiger partial charge in [-0.25, -0.2) is 18.1 Å². The second kappa shape index (κ2) is 6.35. The molecular weight excluding hydrogens is 290 g/mol. The van der Waals surface area contributed by atoms with E-state index in [0.29, 0.717) is 5.75 Å². The minimum atomic E-state index is -3.69. The quantitative estimate of drug-likeness (QED) is 0.902. The number of rotatable bonds is 5. The maximum absolute atomic E-state index is 12.1. The Morgan fingerprint density at radius 1 is 1.29 bits per heavy atom. The first kappa shape index (κ1) is 15.0. The number of benzene rings is 1. The highest BCUT2D eigenvalue weighted by molar-refractivity contribution is 7.89. The van der Waals surface area contributed by atoms with Crippen molar-refractivity contribution in [1.82, 2.24) is 9.71 Å². The highest BCUT2D eigenvalue weighted by Gasteiger charge is 2.15. The fourth-order valence-electron chi connectivity index (χ4n) is 1.71. The molecular formula is C14H13N3O3S. The van der Waals surface area contributed by atoms with Crippen LogP contribution in [0.3, 0.4) is 0 Å². The SMILES string of the molecule is COc1ccccc1CNS(=O)(=O)c1ccc(C#N)nc1. The van der Waals surface area contributed by atoms with Gasteiger partial charge in [0.1, 0.15) is 22.4 Å². The third kappa shape index (κ3) is 3.56. The summed E-state index contributed by atoms with van der Waals surface area (Å²) in [6.45, 7) is 0.104. The van der Waals surface area contributed by atoms with Crippen LogP contribution in [0.15, 0.2) is 47.5 Å². The summed E-state index contributed by atoms with van der Waals surface area (Å²) in [7, 11) is -2.16. The van der Waals surface area contributed by atoms with E-state index >= 15 is 0 Å². The number of nitrogens with zero attached hydrogens (tertiary/aromatic N) is 2. The van der Waals surface area contributed by atoms with Gasteiger partial charge in [-0.1, -0.05) is 18.2 Å². The van der Waals surface area contributed by atoms with E-state index < -0.39 is 10.0 Å². The standard InChI is InChI=1S/C14H13N3O3S/c1-20-14-5-3-2-4-11(14)9-17-21(18,19)13-7-6-12(8-15)16-10-13/h2-7,10,17H,9H2,1H3. The number of aromatic nitrogens is 1. The van der Waals surface area contributed by atoms with E-state index in [1.54, 1.807) is 24.3 Å². The molecule has 0 spiro atoms. The number of nitriles is 1. The molecule has 1 heterocycles. The van der Waals surface area contributed by atoms with Crippen molar-refractivity contribution < 1.29 is 13.2 Å². The molecule has 0 aliphatic carbocycles. The molecule has 0 radical (unpaired) electrons. The molecule has 0 aliphatic heterocycles. The van der Waals surface area contributed by atoms with Crippen molar-refractivity contribution in [2.45, 2.75) is 11.4 Å². The van der Waals surface area contributed by atoms with Crippen LogP contribution < -0.4 is 9.46 Å². The van der Waals surface area contributed by atoms with Crippen molar-refractivity contribution in [3.05, 3.63) is 53.9 Å². The van der Waals surface area contributed by atoms with Crippen molar-refractivity contribution in [2.75, 3.05) is 7.11 Å². The minimum absolute atomic E-state index is 0.0106. The van der Waals surface area contributed by atoms with Gasteiger partial charge in [0, 0.05) is 18.3 Å². The summed E-state index contributed by atoms with van der Waals surface area (Å²) >= 11 is 0. The van der Waals surface area contributed by atoms with E-state index in [2.05, 4.69) is 9.71 Å². The summed E-state index contributed by atoms with van der Waals surface area (Å²) in [5.74, 6) is 0.609. The Hall–Kier alpha value is -2.43. The van der Waals surface area contributed by atoms with Crippen LogP contribution in [0.1, 0.15) is 11.3 Å². The summed E-state index contributed by atoms with van der Waals surface area (Å²) in [6.07, 6.45) is 1.16. The normalized spacial score (nSPS) is 10.9. The molecule has 0 aliphatic rings. The topological polar surface area (TPSA) is 92.1 Å². The molecule has 2 rings (SSSR count). The summed E-state index contributed by atoms with van der Waals surface area (Å²) in [6, 6.07) is 11.7. The number of hydrogen-bond acceptors (Lipinski definition) is 5. The van der Waals surface area contributed by atoms with Gasteiger partial charge in [-0.2, -0.15) is 5.26 Å². The molecule has 0 bridgehead atoms. The van der Waals surface area contributed by atoms with Crippen LogP contribution in [0.2, 0.25) is 0 Å². The molecule has 6 nitrogen and oxygen atoms in total. The molecule has 1 aromatic heterocycles. The molecule has 21 heavy (non-hydrogen) atoms. The summed E-state index contributed by atoms with van der Waals surface area (Å²) in [5.41, 5.74) is 0.892. The van der Waals surface area contributed by atoms with Crippen LogP contribution in [0.5, 0.6) is 5.75 Å². The summed E-state index contributed by atoms with van der Waals surface area (Å²) in [4.78, 5) is 3.76. The summed E-state index contributed by atoms with van der Waals surface area (Å²) in [5, 5.41) is 8.65. The Kier molecular flexibility index (Phi) is 4.52. The van der Waals surface area contributed by atoms with Crippen molar-refractivity contribution in [1.29, 1.82) is 5.26 Å². The molecule has 2 aromatic rings. The second-order valence-corrected chi connectivity index (χ2v) is 5.89. The lowest BCUT2D eigenvalue weighted by atomic mass is 10.2. The maximum Gasteiger partial charge on any atom is 0.242 e. The smallest absolute Gasteiger partial charge is 0.242 e. The Morgan fingerprint density at radius 2 is 2.05 bits per heavy atom. The van der Waals surface area contributed by atoms with Gasteiger partial charge in [0.25, 0.3) is 0 Å². The largest absolute Gasteiger partial charge is 0.496 e. The highest BCUT2D eigenvalue weighted by atomic mass is 32.2. The number of pyridine rings is 1. The van der Waals surface area contributed by atoms with Crippen LogP contribution in [-0.2, 0) is 16.6 Å². The molecule has 0 amide bonds. The number of methoxy groups -OCH3 is 1. The van der Waals surface area contributed by atoms with Crippen LogP contribution in [0.25, 0.3) is 0 Å². The van der Waals surface area contributed by atoms with Gasteiger partial charge in [-0.15, -0.1) is 0 Å².